The summed E-state index contributed by atoms with van der Waals surface area (Å²) in [7, 11) is -3.81. The van der Waals surface area contributed by atoms with Crippen molar-refractivity contribution < 1.29 is 13.2 Å². The van der Waals surface area contributed by atoms with Gasteiger partial charge in [-0.1, -0.05) is 11.8 Å². The van der Waals surface area contributed by atoms with Gasteiger partial charge < -0.3 is 10.6 Å². The van der Waals surface area contributed by atoms with Gasteiger partial charge in [0.1, 0.15) is 5.70 Å². The Balaban J connectivity index is 2.09. The Morgan fingerprint density at radius 3 is 2.50 bits per heavy atom. The molecule has 1 aromatic heterocycles. The van der Waals surface area contributed by atoms with Gasteiger partial charge in [0.05, 0.1) is 30.1 Å². The van der Waals surface area contributed by atoms with Gasteiger partial charge >= 0.3 is 0 Å². The Labute approximate surface area is 187 Å². The van der Waals surface area contributed by atoms with Crippen molar-refractivity contribution in [1.29, 1.82) is 5.26 Å². The van der Waals surface area contributed by atoms with Gasteiger partial charge in [-0.3, -0.25) is 9.78 Å². The van der Waals surface area contributed by atoms with E-state index in [-0.39, 0.29) is 12.2 Å². The molecule has 0 fully saturated rings. The van der Waals surface area contributed by atoms with Crippen molar-refractivity contribution in [3.8, 4) is 6.07 Å². The topological polar surface area (TPSA) is 120 Å². The summed E-state index contributed by atoms with van der Waals surface area (Å²) in [5.41, 5.74) is 6.52. The monoisotopic (exact) mass is 507 g/mol. The van der Waals surface area contributed by atoms with E-state index in [1.165, 1.54) is 11.8 Å². The first-order valence-electron chi connectivity index (χ1n) is 8.66. The lowest BCUT2D eigenvalue weighted by atomic mass is 10.2. The van der Waals surface area contributed by atoms with Crippen molar-refractivity contribution in [3.63, 3.8) is 0 Å². The number of primary amides is 1. The number of amides is 1. The number of benzene rings is 1. The molecule has 11 heteroatoms. The molecule has 156 valence electrons. The zero-order chi connectivity index (χ0) is 22.1. The van der Waals surface area contributed by atoms with Gasteiger partial charge in [0, 0.05) is 21.3 Å². The minimum atomic E-state index is -3.81. The summed E-state index contributed by atoms with van der Waals surface area (Å²) in [4.78, 5) is 18.7. The molecule has 1 aliphatic heterocycles. The molecule has 0 saturated heterocycles. The molecular formula is C19H18BrN5O3S2. The molecular weight excluding hydrogens is 490 g/mol. The van der Waals surface area contributed by atoms with Crippen molar-refractivity contribution in [2.45, 2.75) is 19.0 Å². The summed E-state index contributed by atoms with van der Waals surface area (Å²) in [6.45, 7) is 1.93. The zero-order valence-electron chi connectivity index (χ0n) is 16.1. The summed E-state index contributed by atoms with van der Waals surface area (Å²) in [5.74, 6) is -0.811. The molecule has 0 bridgehead atoms. The number of nitrogens with zero attached hydrogens (tertiary/aromatic N) is 4. The SMILES string of the molecule is CC1=C(C(N)=O)N(S(C)(=O)=O)C(N(Cc2ccc(Br)cn2)c2ccc(C#N)cc2)S1. The summed E-state index contributed by atoms with van der Waals surface area (Å²) in [6, 6.07) is 12.5. The van der Waals surface area contributed by atoms with Crippen LogP contribution in [0.15, 0.2) is 57.7 Å². The number of aromatic nitrogens is 1. The molecule has 0 aliphatic carbocycles. The molecule has 0 spiro atoms. The number of hydrogen-bond acceptors (Lipinski definition) is 7. The first kappa shape index (κ1) is 22.1. The molecule has 0 saturated carbocycles. The van der Waals surface area contributed by atoms with Gasteiger partial charge in [0.25, 0.3) is 5.91 Å². The lowest BCUT2D eigenvalue weighted by molar-refractivity contribution is -0.115. The third-order valence-electron chi connectivity index (χ3n) is 4.34. The lowest BCUT2D eigenvalue weighted by Gasteiger charge is -2.36. The van der Waals surface area contributed by atoms with Gasteiger partial charge in [0.15, 0.2) is 5.50 Å². The van der Waals surface area contributed by atoms with Crippen LogP contribution in [0.4, 0.5) is 5.69 Å². The Morgan fingerprint density at radius 1 is 1.33 bits per heavy atom. The van der Waals surface area contributed by atoms with Gasteiger partial charge in [-0.15, -0.1) is 0 Å². The number of hydrogen-bond donors (Lipinski definition) is 1. The maximum absolute atomic E-state index is 12.6. The number of carbonyl (C=O) groups excluding carboxylic acids is 1. The van der Waals surface area contributed by atoms with E-state index in [0.717, 1.165) is 15.0 Å². The minimum absolute atomic E-state index is 0.0464. The van der Waals surface area contributed by atoms with Gasteiger partial charge in [-0.05, 0) is 59.3 Å². The van der Waals surface area contributed by atoms with E-state index in [1.807, 2.05) is 17.0 Å². The van der Waals surface area contributed by atoms with Crippen LogP contribution in [0.3, 0.4) is 0 Å². The highest BCUT2D eigenvalue weighted by Crippen LogP contribution is 2.43. The van der Waals surface area contributed by atoms with Crippen molar-refractivity contribution in [3.05, 3.63) is 68.9 Å². The number of pyridine rings is 1. The van der Waals surface area contributed by atoms with Gasteiger partial charge in [0.2, 0.25) is 10.0 Å². The average Bonchev–Trinajstić information content (AvgIpc) is 3.05. The van der Waals surface area contributed by atoms with Crippen molar-refractivity contribution in [1.82, 2.24) is 9.29 Å². The number of sulfonamides is 1. The fourth-order valence-corrected chi connectivity index (χ4v) is 6.07. The molecule has 3 rings (SSSR count). The predicted molar refractivity (Wildman–Crippen MR) is 119 cm³/mol. The number of nitrogens with two attached hydrogens (primary N) is 1. The van der Waals surface area contributed by atoms with E-state index >= 15 is 0 Å². The highest BCUT2D eigenvalue weighted by Gasteiger charge is 2.42. The summed E-state index contributed by atoms with van der Waals surface area (Å²) in [6.07, 6.45) is 2.69. The summed E-state index contributed by atoms with van der Waals surface area (Å²) < 4.78 is 27.1. The van der Waals surface area contributed by atoms with Crippen LogP contribution in [0, 0.1) is 11.3 Å². The zero-order valence-corrected chi connectivity index (χ0v) is 19.3. The maximum Gasteiger partial charge on any atom is 0.266 e. The second-order valence-electron chi connectivity index (χ2n) is 6.53. The normalized spacial score (nSPS) is 16.5. The quantitative estimate of drug-likeness (QED) is 0.637. The Kier molecular flexibility index (Phi) is 6.40. The van der Waals surface area contributed by atoms with Crippen molar-refractivity contribution in [2.24, 2.45) is 5.73 Å². The molecule has 2 aromatic rings. The van der Waals surface area contributed by atoms with Gasteiger partial charge in [-0.25, -0.2) is 12.7 Å². The Morgan fingerprint density at radius 2 is 2.00 bits per heavy atom. The number of rotatable bonds is 6. The fourth-order valence-electron chi connectivity index (χ4n) is 3.03. The largest absolute Gasteiger partial charge is 0.364 e. The van der Waals surface area contributed by atoms with E-state index < -0.39 is 21.4 Å². The van der Waals surface area contributed by atoms with Crippen LogP contribution in [-0.2, 0) is 21.4 Å². The second-order valence-corrected chi connectivity index (χ2v) is 10.6. The van der Waals surface area contributed by atoms with Crippen LogP contribution in [0.25, 0.3) is 0 Å². The molecule has 1 atom stereocenters. The van der Waals surface area contributed by atoms with E-state index in [9.17, 15) is 13.2 Å². The van der Waals surface area contributed by atoms with Crippen molar-refractivity contribution in [2.75, 3.05) is 11.2 Å². The van der Waals surface area contributed by atoms with E-state index in [0.29, 0.717) is 21.8 Å². The third-order valence-corrected chi connectivity index (χ3v) is 7.27. The van der Waals surface area contributed by atoms with Gasteiger partial charge in [-0.2, -0.15) is 5.26 Å². The number of halogens is 1. The number of anilines is 1. The van der Waals surface area contributed by atoms with Crippen LogP contribution in [-0.4, -0.2) is 35.4 Å². The number of allylic oxidation sites excluding steroid dienone is 1. The summed E-state index contributed by atoms with van der Waals surface area (Å²) >= 11 is 4.57. The predicted octanol–water partition coefficient (Wildman–Crippen LogP) is 2.73. The Bertz CT molecular complexity index is 1140. The molecule has 0 radical (unpaired) electrons. The smallest absolute Gasteiger partial charge is 0.266 e. The summed E-state index contributed by atoms with van der Waals surface area (Å²) in [5, 5.41) is 9.09. The van der Waals surface area contributed by atoms with Crippen LogP contribution < -0.4 is 10.6 Å². The van der Waals surface area contributed by atoms with E-state index in [4.69, 9.17) is 11.0 Å². The van der Waals surface area contributed by atoms with E-state index in [1.54, 1.807) is 37.4 Å². The Hall–Kier alpha value is -2.55. The minimum Gasteiger partial charge on any atom is -0.364 e. The first-order chi connectivity index (χ1) is 14.1. The molecule has 30 heavy (non-hydrogen) atoms. The highest BCUT2D eigenvalue weighted by molar-refractivity contribution is 9.10. The third kappa shape index (κ3) is 4.61. The molecule has 2 N–H and O–H groups in total. The molecule has 8 nitrogen and oxygen atoms in total. The molecule has 1 aromatic carbocycles. The number of thioether (sulfide) groups is 1. The molecule has 2 heterocycles. The fraction of sp³-hybridized carbons (Fsp3) is 0.211. The van der Waals surface area contributed by atoms with Crippen LogP contribution in [0.1, 0.15) is 18.2 Å². The molecule has 1 aliphatic rings. The van der Waals surface area contributed by atoms with Crippen LogP contribution in [0.2, 0.25) is 0 Å². The average molecular weight is 508 g/mol. The first-order valence-corrected chi connectivity index (χ1v) is 12.2. The highest BCUT2D eigenvalue weighted by atomic mass is 79.9. The van der Waals surface area contributed by atoms with Crippen molar-refractivity contribution >= 4 is 49.3 Å². The molecule has 1 amide bonds. The maximum atomic E-state index is 12.6. The van der Waals surface area contributed by atoms with Crippen LogP contribution in [0.5, 0.6) is 0 Å². The lowest BCUT2D eigenvalue weighted by Crippen LogP contribution is -2.47. The number of carbonyl (C=O) groups is 1. The molecule has 1 unspecified atom stereocenters. The number of nitriles is 1. The second kappa shape index (κ2) is 8.67. The van der Waals surface area contributed by atoms with E-state index in [2.05, 4.69) is 27.0 Å². The standard InChI is InChI=1S/C19H18BrN5O3S2/c1-12-17(18(22)26)25(30(2,27)28)19(29-12)24(11-15-6-5-14(20)10-23-15)16-7-3-13(9-21)4-8-16/h3-8,10,19H,11H2,1-2H3,(H2,22,26). The van der Waals surface area contributed by atoms with Crippen LogP contribution >= 0.6 is 27.7 Å².